The quantitative estimate of drug-likeness (QED) is 0.902. The first-order valence-corrected chi connectivity index (χ1v) is 9.13. The van der Waals surface area contributed by atoms with E-state index in [9.17, 15) is 4.79 Å². The van der Waals surface area contributed by atoms with Crippen LogP contribution < -0.4 is 5.32 Å². The topological polar surface area (TPSA) is 41.6 Å². The fraction of sp³-hybridized carbons (Fsp3) is 0.588. The third-order valence-electron chi connectivity index (χ3n) is 4.24. The van der Waals surface area contributed by atoms with Gasteiger partial charge in [0.2, 0.25) is 5.91 Å². The van der Waals surface area contributed by atoms with Crippen LogP contribution in [-0.4, -0.2) is 55.4 Å². The molecule has 0 unspecified atom stereocenters. The van der Waals surface area contributed by atoms with Crippen molar-refractivity contribution in [1.29, 1.82) is 0 Å². The maximum Gasteiger partial charge on any atom is 0.234 e. The molecule has 1 aromatic carbocycles. The van der Waals surface area contributed by atoms with E-state index in [-0.39, 0.29) is 12.0 Å². The summed E-state index contributed by atoms with van der Waals surface area (Å²) in [6.45, 7) is 3.92. The van der Waals surface area contributed by atoms with Crippen LogP contribution in [0.3, 0.4) is 0 Å². The fourth-order valence-corrected chi connectivity index (χ4v) is 4.32. The lowest BCUT2D eigenvalue weighted by Crippen LogP contribution is -2.43. The van der Waals surface area contributed by atoms with Crippen LogP contribution in [0.4, 0.5) is 0 Å². The average molecular weight is 320 g/mol. The summed E-state index contributed by atoms with van der Waals surface area (Å²) in [6.07, 6.45) is 2.40. The molecule has 1 amide bonds. The van der Waals surface area contributed by atoms with Crippen LogP contribution in [0.2, 0.25) is 0 Å². The van der Waals surface area contributed by atoms with Crippen molar-refractivity contribution < 1.29 is 9.53 Å². The van der Waals surface area contributed by atoms with Gasteiger partial charge in [0.15, 0.2) is 0 Å². The summed E-state index contributed by atoms with van der Waals surface area (Å²) in [5.41, 5.74) is 1.36. The molecule has 1 N–H and O–H groups in total. The van der Waals surface area contributed by atoms with Crippen LogP contribution in [0.15, 0.2) is 30.3 Å². The first-order valence-electron chi connectivity index (χ1n) is 8.08. The van der Waals surface area contributed by atoms with Crippen molar-refractivity contribution in [1.82, 2.24) is 10.2 Å². The third kappa shape index (κ3) is 4.48. The van der Waals surface area contributed by atoms with Gasteiger partial charge in [-0.1, -0.05) is 30.3 Å². The highest BCUT2D eigenvalue weighted by Gasteiger charge is 2.23. The van der Waals surface area contributed by atoms with Gasteiger partial charge < -0.3 is 10.1 Å². The summed E-state index contributed by atoms with van der Waals surface area (Å²) in [5.74, 6) is 1.20. The highest BCUT2D eigenvalue weighted by molar-refractivity contribution is 7.99. The van der Waals surface area contributed by atoms with E-state index in [0.29, 0.717) is 18.3 Å². The number of carbonyl (C=O) groups excluding carboxylic acids is 1. The van der Waals surface area contributed by atoms with Gasteiger partial charge in [-0.15, -0.1) is 0 Å². The predicted octanol–water partition coefficient (Wildman–Crippen LogP) is 2.07. The molecule has 0 radical (unpaired) electrons. The Hall–Kier alpha value is -1.04. The Kier molecular flexibility index (Phi) is 5.76. The largest absolute Gasteiger partial charge is 0.376 e. The summed E-state index contributed by atoms with van der Waals surface area (Å²) < 4.78 is 5.54. The molecule has 5 heteroatoms. The van der Waals surface area contributed by atoms with Crippen LogP contribution in [0.25, 0.3) is 0 Å². The SMILES string of the molecule is O=C(CN1CCS[C@H](c2ccccc2)C1)NC[C@@H]1CCCO1. The van der Waals surface area contributed by atoms with Crippen LogP contribution in [0.1, 0.15) is 23.7 Å². The molecule has 0 aromatic heterocycles. The number of hydrogen-bond donors (Lipinski definition) is 1. The summed E-state index contributed by atoms with van der Waals surface area (Å²) in [5, 5.41) is 3.49. The molecule has 0 saturated carbocycles. The maximum atomic E-state index is 12.1. The Morgan fingerprint density at radius 3 is 3.00 bits per heavy atom. The van der Waals surface area contributed by atoms with Crippen molar-refractivity contribution in [2.45, 2.75) is 24.2 Å². The van der Waals surface area contributed by atoms with Gasteiger partial charge in [-0.05, 0) is 18.4 Å². The predicted molar refractivity (Wildman–Crippen MR) is 90.1 cm³/mol. The van der Waals surface area contributed by atoms with Crippen molar-refractivity contribution in [2.75, 3.05) is 38.5 Å². The lowest BCUT2D eigenvalue weighted by Gasteiger charge is -2.32. The zero-order valence-corrected chi connectivity index (χ0v) is 13.7. The number of nitrogens with zero attached hydrogens (tertiary/aromatic N) is 1. The van der Waals surface area contributed by atoms with E-state index in [0.717, 1.165) is 38.3 Å². The van der Waals surface area contributed by atoms with Crippen LogP contribution >= 0.6 is 11.8 Å². The van der Waals surface area contributed by atoms with E-state index in [1.165, 1.54) is 5.56 Å². The molecular weight excluding hydrogens is 296 g/mol. The van der Waals surface area contributed by atoms with Crippen molar-refractivity contribution in [2.24, 2.45) is 0 Å². The number of rotatable bonds is 5. The highest BCUT2D eigenvalue weighted by atomic mass is 32.2. The molecule has 1 aromatic rings. The summed E-state index contributed by atoms with van der Waals surface area (Å²) in [7, 11) is 0. The molecule has 2 aliphatic heterocycles. The first-order chi connectivity index (χ1) is 10.8. The highest BCUT2D eigenvalue weighted by Crippen LogP contribution is 2.32. The monoisotopic (exact) mass is 320 g/mol. The molecule has 3 rings (SSSR count). The van der Waals surface area contributed by atoms with Gasteiger partial charge in [-0.3, -0.25) is 9.69 Å². The molecule has 2 saturated heterocycles. The van der Waals surface area contributed by atoms with Gasteiger partial charge in [0.05, 0.1) is 12.6 Å². The number of carbonyl (C=O) groups is 1. The number of ether oxygens (including phenoxy) is 1. The Morgan fingerprint density at radius 2 is 2.23 bits per heavy atom. The molecule has 4 nitrogen and oxygen atoms in total. The second-order valence-electron chi connectivity index (χ2n) is 5.94. The number of amides is 1. The van der Waals surface area contributed by atoms with Crippen molar-refractivity contribution >= 4 is 17.7 Å². The zero-order chi connectivity index (χ0) is 15.2. The summed E-state index contributed by atoms with van der Waals surface area (Å²) >= 11 is 1.99. The molecule has 22 heavy (non-hydrogen) atoms. The van der Waals surface area contributed by atoms with Gasteiger partial charge in [0.1, 0.15) is 0 Å². The number of nitrogens with one attached hydrogen (secondary N) is 1. The molecule has 0 aliphatic carbocycles. The van der Waals surface area contributed by atoms with E-state index < -0.39 is 0 Å². The smallest absolute Gasteiger partial charge is 0.234 e. The Labute approximate surface area is 136 Å². The average Bonchev–Trinajstić information content (AvgIpc) is 3.08. The minimum absolute atomic E-state index is 0.120. The molecule has 2 fully saturated rings. The third-order valence-corrected chi connectivity index (χ3v) is 5.48. The summed E-state index contributed by atoms with van der Waals surface area (Å²) in [6, 6.07) is 10.6. The van der Waals surface area contributed by atoms with Crippen molar-refractivity contribution in [3.63, 3.8) is 0 Å². The lowest BCUT2D eigenvalue weighted by molar-refractivity contribution is -0.122. The van der Waals surface area contributed by atoms with Gasteiger partial charge in [-0.25, -0.2) is 0 Å². The minimum Gasteiger partial charge on any atom is -0.376 e. The minimum atomic E-state index is 0.120. The van der Waals surface area contributed by atoms with Gasteiger partial charge >= 0.3 is 0 Å². The van der Waals surface area contributed by atoms with Gasteiger partial charge in [0, 0.05) is 37.2 Å². The Morgan fingerprint density at radius 1 is 1.36 bits per heavy atom. The molecular formula is C17H24N2O2S. The van der Waals surface area contributed by atoms with E-state index in [2.05, 4.69) is 34.5 Å². The van der Waals surface area contributed by atoms with Crippen molar-refractivity contribution in [3.05, 3.63) is 35.9 Å². The number of thioether (sulfide) groups is 1. The van der Waals surface area contributed by atoms with Gasteiger partial charge in [-0.2, -0.15) is 11.8 Å². The maximum absolute atomic E-state index is 12.1. The normalized spacial score (nSPS) is 26.0. The van der Waals surface area contributed by atoms with Crippen LogP contribution in [-0.2, 0) is 9.53 Å². The molecule has 2 aliphatic rings. The Bertz CT molecular complexity index is 477. The molecule has 120 valence electrons. The molecule has 0 bridgehead atoms. The lowest BCUT2D eigenvalue weighted by atomic mass is 10.1. The standard InChI is InChI=1S/C17H24N2O2S/c20-17(18-11-15-7-4-9-21-15)13-19-8-10-22-16(12-19)14-5-2-1-3-6-14/h1-3,5-6,15-16H,4,7-13H2,(H,18,20)/t15-,16-/m0/s1. The van der Waals surface area contributed by atoms with Crippen molar-refractivity contribution in [3.8, 4) is 0 Å². The van der Waals surface area contributed by atoms with Crippen LogP contribution in [0, 0.1) is 0 Å². The van der Waals surface area contributed by atoms with Gasteiger partial charge in [0.25, 0.3) is 0 Å². The van der Waals surface area contributed by atoms with E-state index >= 15 is 0 Å². The molecule has 0 spiro atoms. The fourth-order valence-electron chi connectivity index (χ4n) is 3.01. The second kappa shape index (κ2) is 7.99. The second-order valence-corrected chi connectivity index (χ2v) is 7.25. The van der Waals surface area contributed by atoms with E-state index in [1.807, 2.05) is 17.8 Å². The molecule has 2 heterocycles. The zero-order valence-electron chi connectivity index (χ0n) is 12.9. The Balaban J connectivity index is 1.44. The summed E-state index contributed by atoms with van der Waals surface area (Å²) in [4.78, 5) is 14.4. The molecule has 2 atom stereocenters. The van der Waals surface area contributed by atoms with E-state index in [4.69, 9.17) is 4.74 Å². The van der Waals surface area contributed by atoms with E-state index in [1.54, 1.807) is 0 Å². The van der Waals surface area contributed by atoms with Crippen LogP contribution in [0.5, 0.6) is 0 Å². The number of hydrogen-bond acceptors (Lipinski definition) is 4. The number of benzene rings is 1. The first kappa shape index (κ1) is 15.8.